The van der Waals surface area contributed by atoms with Crippen LogP contribution in [0, 0.1) is 0 Å². The fourth-order valence-electron chi connectivity index (χ4n) is 0.757. The first kappa shape index (κ1) is 8.81. The van der Waals surface area contributed by atoms with Crippen LogP contribution in [0.15, 0.2) is 16.1 Å². The van der Waals surface area contributed by atoms with Crippen molar-refractivity contribution >= 4 is 18.0 Å². The van der Waals surface area contributed by atoms with Crippen molar-refractivity contribution in [2.45, 2.75) is 25.0 Å². The quantitative estimate of drug-likeness (QED) is 0.687. The van der Waals surface area contributed by atoms with E-state index in [4.69, 9.17) is 5.11 Å². The van der Waals surface area contributed by atoms with Gasteiger partial charge in [-0.05, 0) is 19.3 Å². The van der Waals surface area contributed by atoms with Crippen LogP contribution in [0.2, 0.25) is 0 Å². The molecule has 0 bridgehead atoms. The van der Waals surface area contributed by atoms with Gasteiger partial charge in [0.05, 0.1) is 0 Å². The molecule has 0 aromatic carbocycles. The van der Waals surface area contributed by atoms with Gasteiger partial charge in [-0.15, -0.1) is 11.8 Å². The second kappa shape index (κ2) is 3.41. The molecule has 3 heteroatoms. The number of nitrogens with zero attached hydrogens (tertiary/aromatic N) is 1. The lowest BCUT2D eigenvalue weighted by atomic mass is 10.2. The number of hydrogen-bond donors (Lipinski definition) is 1. The van der Waals surface area contributed by atoms with Crippen LogP contribution in [0.3, 0.4) is 0 Å². The Morgan fingerprint density at radius 2 is 2.36 bits per heavy atom. The van der Waals surface area contributed by atoms with Crippen LogP contribution in [0.25, 0.3) is 0 Å². The third kappa shape index (κ3) is 2.67. The molecule has 0 aliphatic carbocycles. The van der Waals surface area contributed by atoms with Crippen molar-refractivity contribution in [2.75, 3.05) is 6.61 Å². The van der Waals surface area contributed by atoms with E-state index in [0.29, 0.717) is 6.42 Å². The molecule has 0 radical (unpaired) electrons. The predicted octanol–water partition coefficient (Wildman–Crippen LogP) is 1.81. The van der Waals surface area contributed by atoms with Gasteiger partial charge in [0.1, 0.15) is 0 Å². The third-order valence-corrected chi connectivity index (χ3v) is 2.51. The van der Waals surface area contributed by atoms with Crippen LogP contribution in [-0.4, -0.2) is 22.7 Å². The van der Waals surface area contributed by atoms with Gasteiger partial charge in [-0.25, -0.2) is 0 Å². The van der Waals surface area contributed by atoms with E-state index in [1.54, 1.807) is 11.8 Å². The zero-order chi connectivity index (χ0) is 8.32. The van der Waals surface area contributed by atoms with E-state index in [9.17, 15) is 0 Å². The van der Waals surface area contributed by atoms with Gasteiger partial charge in [-0.1, -0.05) is 0 Å². The topological polar surface area (TPSA) is 32.6 Å². The van der Waals surface area contributed by atoms with E-state index in [0.717, 1.165) is 5.70 Å². The van der Waals surface area contributed by atoms with Crippen LogP contribution in [-0.2, 0) is 0 Å². The highest BCUT2D eigenvalue weighted by molar-refractivity contribution is 8.04. The molecule has 11 heavy (non-hydrogen) atoms. The van der Waals surface area contributed by atoms with Crippen molar-refractivity contribution in [1.29, 1.82) is 0 Å². The summed E-state index contributed by atoms with van der Waals surface area (Å²) in [6.45, 7) is 4.42. The molecule has 0 fully saturated rings. The molecule has 0 atom stereocenters. The summed E-state index contributed by atoms with van der Waals surface area (Å²) in [5.41, 5.74) is 0.983. The van der Waals surface area contributed by atoms with Gasteiger partial charge in [0.25, 0.3) is 0 Å². The molecule has 1 N–H and O–H groups in total. The van der Waals surface area contributed by atoms with E-state index in [1.165, 1.54) is 0 Å². The number of rotatable bonds is 2. The molecule has 0 amide bonds. The summed E-state index contributed by atoms with van der Waals surface area (Å²) in [6.07, 6.45) is 2.60. The number of aliphatic imine (C=N–C) groups is 1. The normalized spacial score (nSPS) is 21.5. The average Bonchev–Trinajstić information content (AvgIpc) is 1.94. The number of aliphatic hydroxyl groups is 1. The van der Waals surface area contributed by atoms with Gasteiger partial charge >= 0.3 is 0 Å². The zero-order valence-electron chi connectivity index (χ0n) is 6.87. The van der Waals surface area contributed by atoms with Gasteiger partial charge in [0.2, 0.25) is 0 Å². The Labute approximate surface area is 71.4 Å². The summed E-state index contributed by atoms with van der Waals surface area (Å²) < 4.78 is 0.124. The SMILES string of the molecule is CC1(C)C=NC(CCO)=CS1. The highest BCUT2D eigenvalue weighted by Gasteiger charge is 2.17. The number of thioether (sulfide) groups is 1. The zero-order valence-corrected chi connectivity index (χ0v) is 7.69. The molecule has 2 nitrogen and oxygen atoms in total. The molecule has 0 aromatic rings. The van der Waals surface area contributed by atoms with Crippen molar-refractivity contribution in [1.82, 2.24) is 0 Å². The summed E-state index contributed by atoms with van der Waals surface area (Å²) in [4.78, 5) is 4.23. The molecule has 0 spiro atoms. The Kier molecular flexibility index (Phi) is 2.73. The first-order valence-electron chi connectivity index (χ1n) is 3.67. The van der Waals surface area contributed by atoms with Gasteiger partial charge in [0, 0.05) is 29.7 Å². The summed E-state index contributed by atoms with van der Waals surface area (Å²) in [5.74, 6) is 0. The number of hydrogen-bond acceptors (Lipinski definition) is 3. The molecule has 1 aliphatic heterocycles. The maximum Gasteiger partial charge on any atom is 0.0496 e. The summed E-state index contributed by atoms with van der Waals surface area (Å²) >= 11 is 1.75. The third-order valence-electron chi connectivity index (χ3n) is 1.41. The Morgan fingerprint density at radius 1 is 1.64 bits per heavy atom. The molecule has 1 rings (SSSR count). The lowest BCUT2D eigenvalue weighted by Crippen LogP contribution is -2.17. The Bertz CT molecular complexity index is 196. The molecule has 0 saturated heterocycles. The largest absolute Gasteiger partial charge is 0.396 e. The lowest BCUT2D eigenvalue weighted by molar-refractivity contribution is 0.299. The van der Waals surface area contributed by atoms with Crippen molar-refractivity contribution < 1.29 is 5.11 Å². The monoisotopic (exact) mass is 171 g/mol. The van der Waals surface area contributed by atoms with E-state index in [2.05, 4.69) is 18.8 Å². The van der Waals surface area contributed by atoms with Crippen molar-refractivity contribution in [3.8, 4) is 0 Å². The minimum atomic E-state index is 0.124. The van der Waals surface area contributed by atoms with Crippen LogP contribution in [0.5, 0.6) is 0 Å². The summed E-state index contributed by atoms with van der Waals surface area (Å²) in [5, 5.41) is 10.6. The van der Waals surface area contributed by atoms with Crippen LogP contribution < -0.4 is 0 Å². The van der Waals surface area contributed by atoms with E-state index < -0.39 is 0 Å². The van der Waals surface area contributed by atoms with E-state index >= 15 is 0 Å². The smallest absolute Gasteiger partial charge is 0.0496 e. The fourth-order valence-corrected chi connectivity index (χ4v) is 1.49. The van der Waals surface area contributed by atoms with Crippen LogP contribution in [0.1, 0.15) is 20.3 Å². The Balaban J connectivity index is 2.53. The fraction of sp³-hybridized carbons (Fsp3) is 0.625. The Morgan fingerprint density at radius 3 is 2.82 bits per heavy atom. The lowest BCUT2D eigenvalue weighted by Gasteiger charge is -2.20. The maximum atomic E-state index is 8.62. The van der Waals surface area contributed by atoms with Gasteiger partial charge < -0.3 is 5.11 Å². The standard InChI is InChI=1S/C8H13NOS/c1-8(2)6-9-7(3-4-10)5-11-8/h5-6,10H,3-4H2,1-2H3. The second-order valence-corrected chi connectivity index (χ2v) is 4.59. The van der Waals surface area contributed by atoms with E-state index in [-0.39, 0.29) is 11.4 Å². The highest BCUT2D eigenvalue weighted by Crippen LogP contribution is 2.29. The van der Waals surface area contributed by atoms with Crippen LogP contribution in [0.4, 0.5) is 0 Å². The van der Waals surface area contributed by atoms with Crippen molar-refractivity contribution in [2.24, 2.45) is 4.99 Å². The van der Waals surface area contributed by atoms with Crippen molar-refractivity contribution in [3.63, 3.8) is 0 Å². The van der Waals surface area contributed by atoms with Gasteiger partial charge in [-0.2, -0.15) is 0 Å². The number of aliphatic hydroxyl groups excluding tert-OH is 1. The maximum absolute atomic E-state index is 8.62. The summed E-state index contributed by atoms with van der Waals surface area (Å²) in [7, 11) is 0. The predicted molar refractivity (Wildman–Crippen MR) is 49.9 cm³/mol. The molecule has 0 aromatic heterocycles. The molecule has 0 saturated carbocycles. The first-order valence-corrected chi connectivity index (χ1v) is 4.55. The highest BCUT2D eigenvalue weighted by atomic mass is 32.2. The molecule has 1 aliphatic rings. The summed E-state index contributed by atoms with van der Waals surface area (Å²) in [6, 6.07) is 0. The van der Waals surface area contributed by atoms with Crippen LogP contribution >= 0.6 is 11.8 Å². The van der Waals surface area contributed by atoms with Gasteiger partial charge in [-0.3, -0.25) is 4.99 Å². The molecule has 0 unspecified atom stereocenters. The second-order valence-electron chi connectivity index (χ2n) is 3.06. The van der Waals surface area contributed by atoms with Crippen molar-refractivity contribution in [3.05, 3.63) is 11.1 Å². The average molecular weight is 171 g/mol. The Hall–Kier alpha value is -0.280. The first-order chi connectivity index (χ1) is 5.14. The minimum Gasteiger partial charge on any atom is -0.396 e. The molecule has 1 heterocycles. The molecular formula is C8H13NOS. The minimum absolute atomic E-state index is 0.124. The van der Waals surface area contributed by atoms with Gasteiger partial charge in [0.15, 0.2) is 0 Å². The van der Waals surface area contributed by atoms with E-state index in [1.807, 2.05) is 11.6 Å². The molecular weight excluding hydrogens is 158 g/mol. The molecule has 62 valence electrons.